The number of rotatable bonds is 5. The predicted molar refractivity (Wildman–Crippen MR) is 105 cm³/mol. The molecule has 0 amide bonds. The summed E-state index contributed by atoms with van der Waals surface area (Å²) >= 11 is 0. The number of benzene rings is 1. The number of ketones is 1. The van der Waals surface area contributed by atoms with Crippen LogP contribution in [0.3, 0.4) is 0 Å². The molecule has 0 fully saturated rings. The van der Waals surface area contributed by atoms with Crippen LogP contribution in [0.15, 0.2) is 54.4 Å². The fourth-order valence-electron chi connectivity index (χ4n) is 3.43. The highest BCUT2D eigenvalue weighted by Gasteiger charge is 2.38. The van der Waals surface area contributed by atoms with E-state index in [0.717, 1.165) is 22.6 Å². The van der Waals surface area contributed by atoms with E-state index in [1.807, 2.05) is 49.2 Å². The van der Waals surface area contributed by atoms with Gasteiger partial charge in [-0.1, -0.05) is 38.1 Å². The molecule has 1 aromatic carbocycles. The van der Waals surface area contributed by atoms with Gasteiger partial charge in [-0.15, -0.1) is 0 Å². The van der Waals surface area contributed by atoms with Crippen LogP contribution in [0, 0.1) is 6.92 Å². The summed E-state index contributed by atoms with van der Waals surface area (Å²) in [5.41, 5.74) is 4.54. The molecule has 0 saturated carbocycles. The molecule has 5 nitrogen and oxygen atoms in total. The molecule has 27 heavy (non-hydrogen) atoms. The van der Waals surface area contributed by atoms with E-state index >= 15 is 0 Å². The first kappa shape index (κ1) is 18.8. The SMILES string of the molecule is Cc1ccc(CC(=O)OCC(=O)C=C2N(C)c3ccccc3C2(C)C)cn1. The van der Waals surface area contributed by atoms with Crippen molar-refractivity contribution in [3.63, 3.8) is 0 Å². The zero-order chi connectivity index (χ0) is 19.6. The molecule has 2 aromatic rings. The molecule has 0 N–H and O–H groups in total. The molecule has 0 aliphatic carbocycles. The lowest BCUT2D eigenvalue weighted by molar-refractivity contribution is -0.146. The molecule has 0 unspecified atom stereocenters. The van der Waals surface area contributed by atoms with Gasteiger partial charge in [0.15, 0.2) is 12.4 Å². The molecule has 1 aliphatic heterocycles. The number of carbonyl (C=O) groups excluding carboxylic acids is 2. The number of fused-ring (bicyclic) bond motifs is 1. The zero-order valence-corrected chi connectivity index (χ0v) is 16.2. The van der Waals surface area contributed by atoms with Crippen molar-refractivity contribution in [3.05, 3.63) is 71.2 Å². The van der Waals surface area contributed by atoms with Crippen LogP contribution in [0.4, 0.5) is 5.69 Å². The molecule has 0 bridgehead atoms. The number of nitrogens with zero attached hydrogens (tertiary/aromatic N) is 2. The molecular formula is C22H24N2O3. The van der Waals surface area contributed by atoms with Crippen LogP contribution in [0.1, 0.15) is 30.7 Å². The van der Waals surface area contributed by atoms with E-state index in [1.54, 1.807) is 12.3 Å². The van der Waals surface area contributed by atoms with Crippen molar-refractivity contribution >= 4 is 17.4 Å². The lowest BCUT2D eigenvalue weighted by Crippen LogP contribution is -2.25. The van der Waals surface area contributed by atoms with Gasteiger partial charge in [-0.2, -0.15) is 0 Å². The smallest absolute Gasteiger partial charge is 0.310 e. The van der Waals surface area contributed by atoms with E-state index in [0.29, 0.717) is 0 Å². The molecule has 140 valence electrons. The molecule has 0 radical (unpaired) electrons. The Bertz CT molecular complexity index is 898. The van der Waals surface area contributed by atoms with Crippen LogP contribution < -0.4 is 4.90 Å². The maximum absolute atomic E-state index is 12.4. The average molecular weight is 364 g/mol. The average Bonchev–Trinajstić information content (AvgIpc) is 2.83. The van der Waals surface area contributed by atoms with E-state index in [-0.39, 0.29) is 24.2 Å². The first-order valence-electron chi connectivity index (χ1n) is 8.94. The second kappa shape index (κ2) is 7.35. The van der Waals surface area contributed by atoms with Crippen molar-refractivity contribution in [3.8, 4) is 0 Å². The van der Waals surface area contributed by atoms with Gasteiger partial charge in [-0.05, 0) is 30.2 Å². The number of likely N-dealkylation sites (N-methyl/N-ethyl adjacent to an activating group) is 1. The van der Waals surface area contributed by atoms with Crippen molar-refractivity contribution in [2.75, 3.05) is 18.6 Å². The fraction of sp³-hybridized carbons (Fsp3) is 0.318. The van der Waals surface area contributed by atoms with Crippen LogP contribution in [0.25, 0.3) is 0 Å². The number of para-hydroxylation sites is 1. The van der Waals surface area contributed by atoms with Crippen molar-refractivity contribution in [2.24, 2.45) is 0 Å². The first-order chi connectivity index (χ1) is 12.8. The number of ether oxygens (including phenoxy) is 1. The molecule has 0 atom stereocenters. The van der Waals surface area contributed by atoms with Gasteiger partial charge in [0, 0.05) is 41.8 Å². The maximum atomic E-state index is 12.4. The molecule has 5 heteroatoms. The summed E-state index contributed by atoms with van der Waals surface area (Å²) in [6.45, 7) is 5.80. The normalized spacial score (nSPS) is 16.3. The molecule has 1 aliphatic rings. The quantitative estimate of drug-likeness (QED) is 0.601. The van der Waals surface area contributed by atoms with Crippen LogP contribution in [-0.4, -0.2) is 30.4 Å². The third kappa shape index (κ3) is 3.92. The zero-order valence-electron chi connectivity index (χ0n) is 16.2. The minimum absolute atomic E-state index is 0.105. The van der Waals surface area contributed by atoms with Crippen molar-refractivity contribution < 1.29 is 14.3 Å². The lowest BCUT2D eigenvalue weighted by Gasteiger charge is -2.23. The number of allylic oxidation sites excluding steroid dienone is 1. The summed E-state index contributed by atoms with van der Waals surface area (Å²) in [7, 11) is 1.95. The number of anilines is 1. The van der Waals surface area contributed by atoms with Crippen molar-refractivity contribution in [1.29, 1.82) is 0 Å². The van der Waals surface area contributed by atoms with Gasteiger partial charge in [0.05, 0.1) is 6.42 Å². The Hall–Kier alpha value is -2.95. The number of aryl methyl sites for hydroxylation is 1. The Morgan fingerprint density at radius 3 is 2.59 bits per heavy atom. The predicted octanol–water partition coefficient (Wildman–Crippen LogP) is 3.36. The Labute approximate surface area is 159 Å². The summed E-state index contributed by atoms with van der Waals surface area (Å²) in [5, 5.41) is 0. The number of hydrogen-bond donors (Lipinski definition) is 0. The van der Waals surface area contributed by atoms with E-state index < -0.39 is 5.97 Å². The number of aromatic nitrogens is 1. The van der Waals surface area contributed by atoms with Crippen LogP contribution in [0.2, 0.25) is 0 Å². The lowest BCUT2D eigenvalue weighted by atomic mass is 9.83. The summed E-state index contributed by atoms with van der Waals surface area (Å²) in [6, 6.07) is 11.8. The van der Waals surface area contributed by atoms with Gasteiger partial charge in [0.2, 0.25) is 0 Å². The number of hydrogen-bond acceptors (Lipinski definition) is 5. The molecule has 3 rings (SSSR count). The molecule has 2 heterocycles. The van der Waals surface area contributed by atoms with Crippen LogP contribution >= 0.6 is 0 Å². The second-order valence-electron chi connectivity index (χ2n) is 7.34. The van der Waals surface area contributed by atoms with Crippen LogP contribution in [-0.2, 0) is 26.2 Å². The largest absolute Gasteiger partial charge is 0.457 e. The summed E-state index contributed by atoms with van der Waals surface area (Å²) in [6.07, 6.45) is 3.34. The second-order valence-corrected chi connectivity index (χ2v) is 7.34. The van der Waals surface area contributed by atoms with Gasteiger partial charge in [-0.3, -0.25) is 14.6 Å². The van der Waals surface area contributed by atoms with E-state index in [2.05, 4.69) is 24.9 Å². The summed E-state index contributed by atoms with van der Waals surface area (Å²) < 4.78 is 5.15. The standard InChI is InChI=1S/C22H24N2O3/c1-15-9-10-16(13-23-15)11-21(26)27-14-17(25)12-20-22(2,3)18-7-5-6-8-19(18)24(20)4/h5-10,12-13H,11,14H2,1-4H3. The third-order valence-corrected chi connectivity index (χ3v) is 4.93. The van der Waals surface area contributed by atoms with Gasteiger partial charge in [0.25, 0.3) is 0 Å². The van der Waals surface area contributed by atoms with Gasteiger partial charge in [0.1, 0.15) is 0 Å². The highest BCUT2D eigenvalue weighted by atomic mass is 16.5. The Morgan fingerprint density at radius 1 is 1.19 bits per heavy atom. The van der Waals surface area contributed by atoms with E-state index in [1.165, 1.54) is 5.56 Å². The van der Waals surface area contributed by atoms with Gasteiger partial charge in [-0.25, -0.2) is 0 Å². The van der Waals surface area contributed by atoms with E-state index in [9.17, 15) is 9.59 Å². The number of pyridine rings is 1. The van der Waals surface area contributed by atoms with Crippen molar-refractivity contribution in [2.45, 2.75) is 32.6 Å². The van der Waals surface area contributed by atoms with Crippen molar-refractivity contribution in [1.82, 2.24) is 4.98 Å². The molecule has 1 aromatic heterocycles. The summed E-state index contributed by atoms with van der Waals surface area (Å²) in [5.74, 6) is -0.664. The molecular weight excluding hydrogens is 340 g/mol. The Balaban J connectivity index is 1.63. The number of carbonyl (C=O) groups is 2. The van der Waals surface area contributed by atoms with Gasteiger partial charge >= 0.3 is 5.97 Å². The highest BCUT2D eigenvalue weighted by molar-refractivity contribution is 5.94. The summed E-state index contributed by atoms with van der Waals surface area (Å²) in [4.78, 5) is 30.5. The van der Waals surface area contributed by atoms with Crippen LogP contribution in [0.5, 0.6) is 0 Å². The minimum Gasteiger partial charge on any atom is -0.457 e. The fourth-order valence-corrected chi connectivity index (χ4v) is 3.43. The minimum atomic E-state index is -0.435. The maximum Gasteiger partial charge on any atom is 0.310 e. The number of esters is 1. The first-order valence-corrected chi connectivity index (χ1v) is 8.94. The Morgan fingerprint density at radius 2 is 1.93 bits per heavy atom. The topological polar surface area (TPSA) is 59.5 Å². The highest BCUT2D eigenvalue weighted by Crippen LogP contribution is 2.46. The third-order valence-electron chi connectivity index (χ3n) is 4.93. The monoisotopic (exact) mass is 364 g/mol. The van der Waals surface area contributed by atoms with Gasteiger partial charge < -0.3 is 9.64 Å². The van der Waals surface area contributed by atoms with E-state index in [4.69, 9.17) is 4.74 Å². The Kier molecular flexibility index (Phi) is 5.13. The molecule has 0 spiro atoms. The molecule has 0 saturated heterocycles.